The van der Waals surface area contributed by atoms with Crippen molar-refractivity contribution in [3.8, 4) is 23.3 Å². The minimum atomic E-state index is -3.51. The largest absolute Gasteiger partial charge is 0.466 e. The number of esters is 1. The smallest absolute Gasteiger partial charge is 0.343 e. The molecule has 0 amide bonds. The van der Waals surface area contributed by atoms with Gasteiger partial charge in [-0.15, -0.1) is 0 Å². The molecule has 3 rings (SSSR count). The fourth-order valence-electron chi connectivity index (χ4n) is 2.76. The van der Waals surface area contributed by atoms with E-state index in [1.54, 1.807) is 0 Å². The molecule has 0 unspecified atom stereocenters. The lowest BCUT2D eigenvalue weighted by Crippen LogP contribution is -2.41. The number of carbonyl (C=O) groups excluding carboxylic acids is 1. The van der Waals surface area contributed by atoms with Crippen LogP contribution in [0.15, 0.2) is 40.1 Å². The van der Waals surface area contributed by atoms with Crippen LogP contribution in [0.1, 0.15) is 12.6 Å². The topological polar surface area (TPSA) is 115 Å². The molecule has 0 N–H and O–H groups in total. The number of hydrogen-bond acceptors (Lipinski definition) is 8. The van der Waals surface area contributed by atoms with Crippen molar-refractivity contribution in [1.82, 2.24) is 19.1 Å². The number of hydrogen-bond donors (Lipinski definition) is 0. The van der Waals surface area contributed by atoms with Crippen molar-refractivity contribution in [1.29, 1.82) is 0 Å². The number of nitrogens with zero attached hydrogens (tertiary/aromatic N) is 4. The number of rotatable bonds is 7. The summed E-state index contributed by atoms with van der Waals surface area (Å²) in [5.74, 6) is -6.97. The maximum Gasteiger partial charge on any atom is 0.343 e. The van der Waals surface area contributed by atoms with Crippen molar-refractivity contribution in [3.05, 3.63) is 67.8 Å². The Morgan fingerprint density at radius 1 is 1.24 bits per heavy atom. The minimum Gasteiger partial charge on any atom is -0.466 e. The van der Waals surface area contributed by atoms with Crippen LogP contribution in [0.3, 0.4) is 0 Å². The Morgan fingerprint density at radius 2 is 1.94 bits per heavy atom. The molecule has 0 atom stereocenters. The van der Waals surface area contributed by atoms with Crippen LogP contribution in [0.4, 0.5) is 13.2 Å². The zero-order valence-electron chi connectivity index (χ0n) is 17.8. The first kappa shape index (κ1) is 24.8. The average molecular weight is 501 g/mol. The third kappa shape index (κ3) is 5.03. The van der Waals surface area contributed by atoms with Gasteiger partial charge in [-0.25, -0.2) is 32.3 Å². The molecule has 34 heavy (non-hydrogen) atoms. The molecule has 3 aromatic rings. The lowest BCUT2D eigenvalue weighted by Gasteiger charge is -2.17. The van der Waals surface area contributed by atoms with E-state index in [9.17, 15) is 27.6 Å². The first-order valence-electron chi connectivity index (χ1n) is 9.34. The van der Waals surface area contributed by atoms with E-state index < -0.39 is 53.0 Å². The number of carbonyl (C=O) groups is 1. The summed E-state index contributed by atoms with van der Waals surface area (Å²) < 4.78 is 58.1. The molecule has 0 aromatic carbocycles. The second-order valence-corrected chi connectivity index (χ2v) is 7.19. The maximum atomic E-state index is 14.7. The van der Waals surface area contributed by atoms with Gasteiger partial charge in [0.25, 0.3) is 17.4 Å². The molecular formula is C20H16ClF3N4O6. The zero-order valence-corrected chi connectivity index (χ0v) is 18.6. The van der Waals surface area contributed by atoms with Crippen molar-refractivity contribution < 1.29 is 32.2 Å². The third-order valence-corrected chi connectivity index (χ3v) is 4.63. The van der Waals surface area contributed by atoms with Crippen LogP contribution in [-0.4, -0.2) is 38.8 Å². The molecular weight excluding hydrogens is 485 g/mol. The van der Waals surface area contributed by atoms with Crippen LogP contribution in [0.5, 0.6) is 17.5 Å². The summed E-state index contributed by atoms with van der Waals surface area (Å²) in [5, 5.41) is -0.356. The number of alkyl halides is 2. The molecule has 0 saturated heterocycles. The van der Waals surface area contributed by atoms with E-state index in [0.717, 1.165) is 20.2 Å². The summed E-state index contributed by atoms with van der Waals surface area (Å²) in [7, 11) is 2.16. The molecule has 10 nitrogen and oxygen atoms in total. The first-order chi connectivity index (χ1) is 15.9. The Bertz CT molecular complexity index is 1370. The van der Waals surface area contributed by atoms with Crippen molar-refractivity contribution in [2.75, 3.05) is 13.7 Å². The van der Waals surface area contributed by atoms with E-state index in [4.69, 9.17) is 21.1 Å². The van der Waals surface area contributed by atoms with Crippen molar-refractivity contribution in [2.24, 2.45) is 7.05 Å². The number of pyridine rings is 2. The van der Waals surface area contributed by atoms with Gasteiger partial charge in [0, 0.05) is 32.3 Å². The van der Waals surface area contributed by atoms with Gasteiger partial charge in [-0.05, 0) is 12.1 Å². The number of halogens is 4. The Hall–Kier alpha value is -3.87. The zero-order chi connectivity index (χ0) is 25.2. The summed E-state index contributed by atoms with van der Waals surface area (Å²) in [6.07, 6.45) is 1.33. The Kier molecular flexibility index (Phi) is 6.96. The van der Waals surface area contributed by atoms with Crippen molar-refractivity contribution >= 4 is 17.6 Å². The van der Waals surface area contributed by atoms with Crippen LogP contribution in [0.25, 0.3) is 5.82 Å². The van der Waals surface area contributed by atoms with Gasteiger partial charge in [0.05, 0.1) is 12.8 Å². The molecule has 3 aromatic heterocycles. The van der Waals surface area contributed by atoms with E-state index in [0.29, 0.717) is 17.6 Å². The highest BCUT2D eigenvalue weighted by Gasteiger charge is 2.30. The fraction of sp³-hybridized carbons (Fsp3) is 0.250. The lowest BCUT2D eigenvalue weighted by molar-refractivity contribution is -0.143. The molecule has 0 radical (unpaired) electrons. The summed E-state index contributed by atoms with van der Waals surface area (Å²) in [4.78, 5) is 44.1. The summed E-state index contributed by atoms with van der Waals surface area (Å²) >= 11 is 6.00. The summed E-state index contributed by atoms with van der Waals surface area (Å²) in [6, 6.07) is 4.03. The van der Waals surface area contributed by atoms with Crippen molar-refractivity contribution in [3.63, 3.8) is 0 Å². The third-order valence-electron chi connectivity index (χ3n) is 4.36. The van der Waals surface area contributed by atoms with Gasteiger partial charge in [-0.3, -0.25) is 9.36 Å². The molecule has 0 fully saturated rings. The molecule has 0 aliphatic heterocycles. The summed E-state index contributed by atoms with van der Waals surface area (Å²) in [6.45, 7) is 0.00588. The number of methoxy groups -OCH3 is 1. The highest BCUT2D eigenvalue weighted by molar-refractivity contribution is 6.31. The van der Waals surface area contributed by atoms with Crippen LogP contribution in [0, 0.1) is 5.82 Å². The standard InChI is InChI=1S/C20H16ClF3N4O6/c1-20(23,24)13-8-14(29)28(19(31)27(13)2)16-11(22)7-10(21)17(26-16)34-12-5-4-6-25-18(12)33-9-15(30)32-3/h4-8H,9H2,1-3H3. The second kappa shape index (κ2) is 9.55. The molecule has 0 bridgehead atoms. The van der Waals surface area contributed by atoms with Gasteiger partial charge < -0.3 is 14.2 Å². The summed E-state index contributed by atoms with van der Waals surface area (Å²) in [5.41, 5.74) is -3.39. The lowest BCUT2D eigenvalue weighted by atomic mass is 10.2. The molecule has 0 aliphatic rings. The monoisotopic (exact) mass is 500 g/mol. The Balaban J connectivity index is 2.08. The molecule has 0 aliphatic carbocycles. The SMILES string of the molecule is COC(=O)COc1ncccc1Oc1nc(-n2c(=O)cc(C(C)(F)F)n(C)c2=O)c(F)cc1Cl. The average Bonchev–Trinajstić information content (AvgIpc) is 2.77. The molecule has 0 saturated carbocycles. The van der Waals surface area contributed by atoms with E-state index in [2.05, 4.69) is 14.7 Å². The van der Waals surface area contributed by atoms with E-state index in [1.165, 1.54) is 18.3 Å². The van der Waals surface area contributed by atoms with Gasteiger partial charge in [-0.1, -0.05) is 11.6 Å². The van der Waals surface area contributed by atoms with Gasteiger partial charge in [0.2, 0.25) is 5.88 Å². The number of ether oxygens (including phenoxy) is 3. The van der Waals surface area contributed by atoms with Crippen LogP contribution >= 0.6 is 11.6 Å². The first-order valence-corrected chi connectivity index (χ1v) is 9.72. The van der Waals surface area contributed by atoms with Crippen LogP contribution in [0.2, 0.25) is 5.02 Å². The van der Waals surface area contributed by atoms with Crippen LogP contribution < -0.4 is 20.7 Å². The predicted molar refractivity (Wildman–Crippen MR) is 111 cm³/mol. The van der Waals surface area contributed by atoms with Gasteiger partial charge in [0.15, 0.2) is 24.0 Å². The number of aromatic nitrogens is 4. The Morgan fingerprint density at radius 3 is 2.59 bits per heavy atom. The van der Waals surface area contributed by atoms with E-state index >= 15 is 0 Å². The molecule has 180 valence electrons. The van der Waals surface area contributed by atoms with Crippen molar-refractivity contribution in [2.45, 2.75) is 12.8 Å². The highest BCUT2D eigenvalue weighted by atomic mass is 35.5. The van der Waals surface area contributed by atoms with E-state index in [-0.39, 0.29) is 21.2 Å². The second-order valence-electron chi connectivity index (χ2n) is 6.79. The molecule has 0 spiro atoms. The van der Waals surface area contributed by atoms with Gasteiger partial charge in [0.1, 0.15) is 5.02 Å². The predicted octanol–water partition coefficient (Wildman–Crippen LogP) is 2.57. The Labute approximate surface area is 194 Å². The van der Waals surface area contributed by atoms with Gasteiger partial charge >= 0.3 is 11.7 Å². The molecule has 3 heterocycles. The van der Waals surface area contributed by atoms with E-state index in [1.807, 2.05) is 0 Å². The minimum absolute atomic E-state index is 0.0976. The molecule has 14 heteroatoms. The normalized spacial score (nSPS) is 11.3. The fourth-order valence-corrected chi connectivity index (χ4v) is 2.94. The quantitative estimate of drug-likeness (QED) is 0.455. The maximum absolute atomic E-state index is 14.7. The van der Waals surface area contributed by atoms with Gasteiger partial charge in [-0.2, -0.15) is 4.98 Å². The van der Waals surface area contributed by atoms with Crippen LogP contribution in [-0.2, 0) is 22.5 Å². The highest BCUT2D eigenvalue weighted by Crippen LogP contribution is 2.33.